The molecule has 0 heterocycles. The van der Waals surface area contributed by atoms with Gasteiger partial charge in [0.2, 0.25) is 0 Å². The number of halogens is 5. The van der Waals surface area contributed by atoms with E-state index in [0.717, 1.165) is 36.2 Å². The summed E-state index contributed by atoms with van der Waals surface area (Å²) < 4.78 is 71.3. The van der Waals surface area contributed by atoms with Gasteiger partial charge in [-0.2, -0.15) is 0 Å². The lowest BCUT2D eigenvalue weighted by molar-refractivity contribution is 0.578. The smallest absolute Gasteiger partial charge is 0.138 e. The fourth-order valence-electron chi connectivity index (χ4n) is 3.49. The highest BCUT2D eigenvalue weighted by Gasteiger charge is 2.18. The standard InChI is InChI=1S/C24H15F5/c1-2-13-3-5-19-14(7-13)4-6-20(24(19)29)15-10-21(27)23(22(28)11-15)16-8-17(25)12-18(26)9-16/h3-12H,2H2,1H3. The Labute approximate surface area is 164 Å². The third-order valence-electron chi connectivity index (χ3n) is 4.93. The van der Waals surface area contributed by atoms with Gasteiger partial charge in [-0.25, -0.2) is 22.0 Å². The van der Waals surface area contributed by atoms with Crippen molar-refractivity contribution >= 4 is 10.8 Å². The van der Waals surface area contributed by atoms with Crippen molar-refractivity contribution in [3.8, 4) is 22.3 Å². The van der Waals surface area contributed by atoms with Gasteiger partial charge in [-0.1, -0.05) is 37.3 Å². The van der Waals surface area contributed by atoms with Crippen LogP contribution < -0.4 is 0 Å². The van der Waals surface area contributed by atoms with Crippen LogP contribution in [0.25, 0.3) is 33.0 Å². The molecule has 0 spiro atoms. The Bertz CT molecular complexity index is 1200. The first-order valence-corrected chi connectivity index (χ1v) is 9.04. The van der Waals surface area contributed by atoms with Crippen molar-refractivity contribution < 1.29 is 22.0 Å². The molecule has 0 aromatic heterocycles. The van der Waals surface area contributed by atoms with Crippen molar-refractivity contribution in [2.75, 3.05) is 0 Å². The van der Waals surface area contributed by atoms with Crippen molar-refractivity contribution in [2.45, 2.75) is 13.3 Å². The summed E-state index contributed by atoms with van der Waals surface area (Å²) in [5.74, 6) is -4.56. The summed E-state index contributed by atoms with van der Waals surface area (Å²) in [6, 6.07) is 12.7. The molecular weight excluding hydrogens is 383 g/mol. The van der Waals surface area contributed by atoms with Gasteiger partial charge in [0.15, 0.2) is 0 Å². The molecule has 0 saturated carbocycles. The van der Waals surface area contributed by atoms with Crippen molar-refractivity contribution in [3.63, 3.8) is 0 Å². The van der Waals surface area contributed by atoms with E-state index in [4.69, 9.17) is 0 Å². The highest BCUT2D eigenvalue weighted by Crippen LogP contribution is 2.35. The van der Waals surface area contributed by atoms with Crippen LogP contribution in [0.2, 0.25) is 0 Å². The number of fused-ring (bicyclic) bond motifs is 1. The molecule has 0 unspecified atom stereocenters. The summed E-state index contributed by atoms with van der Waals surface area (Å²) in [6.07, 6.45) is 0.803. The predicted molar refractivity (Wildman–Crippen MR) is 104 cm³/mol. The molecule has 0 bridgehead atoms. The van der Waals surface area contributed by atoms with Crippen LogP contribution in [0.15, 0.2) is 60.7 Å². The number of rotatable bonds is 3. The van der Waals surface area contributed by atoms with Crippen LogP contribution in [0.4, 0.5) is 22.0 Å². The van der Waals surface area contributed by atoms with E-state index in [0.29, 0.717) is 16.8 Å². The normalized spacial score (nSPS) is 11.2. The van der Waals surface area contributed by atoms with E-state index in [-0.39, 0.29) is 16.7 Å². The van der Waals surface area contributed by atoms with Crippen LogP contribution in [0, 0.1) is 29.1 Å². The Morgan fingerprint density at radius 1 is 0.655 bits per heavy atom. The average Bonchev–Trinajstić information content (AvgIpc) is 2.66. The third kappa shape index (κ3) is 3.48. The summed E-state index contributed by atoms with van der Waals surface area (Å²) in [6.45, 7) is 1.99. The van der Waals surface area contributed by atoms with Crippen molar-refractivity contribution in [1.29, 1.82) is 0 Å². The zero-order valence-electron chi connectivity index (χ0n) is 15.4. The lowest BCUT2D eigenvalue weighted by atomic mass is 9.96. The maximum absolute atomic E-state index is 15.0. The summed E-state index contributed by atoms with van der Waals surface area (Å²) in [5.41, 5.74) is 0.251. The molecule has 0 aliphatic rings. The number of hydrogen-bond acceptors (Lipinski definition) is 0. The molecule has 0 fully saturated rings. The first kappa shape index (κ1) is 19.1. The molecule has 4 rings (SSSR count). The second kappa shape index (κ2) is 7.32. The Morgan fingerprint density at radius 3 is 1.93 bits per heavy atom. The van der Waals surface area contributed by atoms with E-state index < -0.39 is 34.6 Å². The van der Waals surface area contributed by atoms with Gasteiger partial charge in [-0.3, -0.25) is 0 Å². The summed E-state index contributed by atoms with van der Waals surface area (Å²) >= 11 is 0. The van der Waals surface area contributed by atoms with Gasteiger partial charge in [0.25, 0.3) is 0 Å². The quantitative estimate of drug-likeness (QED) is 0.315. The first-order valence-electron chi connectivity index (χ1n) is 9.04. The van der Waals surface area contributed by atoms with Crippen LogP contribution in [0.3, 0.4) is 0 Å². The monoisotopic (exact) mass is 398 g/mol. The van der Waals surface area contributed by atoms with Crippen molar-refractivity contribution in [1.82, 2.24) is 0 Å². The fraction of sp³-hybridized carbons (Fsp3) is 0.0833. The molecule has 4 aromatic rings. The van der Waals surface area contributed by atoms with E-state index in [1.807, 2.05) is 13.0 Å². The molecule has 0 N–H and O–H groups in total. The molecule has 0 radical (unpaired) electrons. The second-order valence-electron chi connectivity index (χ2n) is 6.81. The molecule has 0 saturated heterocycles. The number of aryl methyl sites for hydroxylation is 1. The van der Waals surface area contributed by atoms with E-state index in [1.165, 1.54) is 6.07 Å². The minimum atomic E-state index is -1.04. The Morgan fingerprint density at radius 2 is 1.31 bits per heavy atom. The zero-order chi connectivity index (χ0) is 20.7. The lowest BCUT2D eigenvalue weighted by Crippen LogP contribution is -1.95. The van der Waals surface area contributed by atoms with Gasteiger partial charge in [-0.05, 0) is 52.8 Å². The molecule has 5 heteroatoms. The molecule has 0 amide bonds. The van der Waals surface area contributed by atoms with E-state index in [9.17, 15) is 17.6 Å². The van der Waals surface area contributed by atoms with Gasteiger partial charge < -0.3 is 0 Å². The lowest BCUT2D eigenvalue weighted by Gasteiger charge is -2.11. The maximum Gasteiger partial charge on any atom is 0.138 e. The summed E-state index contributed by atoms with van der Waals surface area (Å²) in [7, 11) is 0. The minimum Gasteiger partial charge on any atom is -0.207 e. The molecule has 0 aliphatic heterocycles. The van der Waals surface area contributed by atoms with E-state index in [1.54, 1.807) is 18.2 Å². The molecule has 0 nitrogen and oxygen atoms in total. The topological polar surface area (TPSA) is 0 Å². The van der Waals surface area contributed by atoms with Crippen molar-refractivity contribution in [2.24, 2.45) is 0 Å². The van der Waals surface area contributed by atoms with Gasteiger partial charge >= 0.3 is 0 Å². The van der Waals surface area contributed by atoms with Gasteiger partial charge in [0, 0.05) is 17.0 Å². The maximum atomic E-state index is 15.0. The van der Waals surface area contributed by atoms with Gasteiger partial charge in [0.05, 0.1) is 5.56 Å². The summed E-state index contributed by atoms with van der Waals surface area (Å²) in [5, 5.41) is 1.04. The van der Waals surface area contributed by atoms with Crippen LogP contribution in [-0.2, 0) is 6.42 Å². The van der Waals surface area contributed by atoms with E-state index in [2.05, 4.69) is 0 Å². The van der Waals surface area contributed by atoms with Crippen LogP contribution in [0.1, 0.15) is 12.5 Å². The Balaban J connectivity index is 1.85. The molecule has 146 valence electrons. The SMILES string of the molecule is CCc1ccc2c(F)c(-c3cc(F)c(-c4cc(F)cc(F)c4)c(F)c3)ccc2c1. The largest absolute Gasteiger partial charge is 0.207 e. The highest BCUT2D eigenvalue weighted by molar-refractivity contribution is 5.89. The van der Waals surface area contributed by atoms with Crippen molar-refractivity contribution in [3.05, 3.63) is 95.3 Å². The zero-order valence-corrected chi connectivity index (χ0v) is 15.4. The molecular formula is C24H15F5. The second-order valence-corrected chi connectivity index (χ2v) is 6.81. The molecule has 0 aliphatic carbocycles. The minimum absolute atomic E-state index is 0.000377. The Kier molecular flexibility index (Phi) is 4.82. The molecule has 4 aromatic carbocycles. The van der Waals surface area contributed by atoms with Crippen LogP contribution >= 0.6 is 0 Å². The summed E-state index contributed by atoms with van der Waals surface area (Å²) in [4.78, 5) is 0. The average molecular weight is 398 g/mol. The highest BCUT2D eigenvalue weighted by atomic mass is 19.1. The van der Waals surface area contributed by atoms with Gasteiger partial charge in [0.1, 0.15) is 29.1 Å². The van der Waals surface area contributed by atoms with Gasteiger partial charge in [-0.15, -0.1) is 0 Å². The predicted octanol–water partition coefficient (Wildman–Crippen LogP) is 7.43. The van der Waals surface area contributed by atoms with Crippen LogP contribution in [0.5, 0.6) is 0 Å². The first-order chi connectivity index (χ1) is 13.9. The van der Waals surface area contributed by atoms with Crippen LogP contribution in [-0.4, -0.2) is 0 Å². The number of hydrogen-bond donors (Lipinski definition) is 0. The number of benzene rings is 4. The molecule has 29 heavy (non-hydrogen) atoms. The Hall–Kier alpha value is -3.21. The molecule has 0 atom stereocenters. The third-order valence-corrected chi connectivity index (χ3v) is 4.93. The fourth-order valence-corrected chi connectivity index (χ4v) is 3.49. The van der Waals surface area contributed by atoms with E-state index >= 15 is 4.39 Å².